The van der Waals surface area contributed by atoms with E-state index in [1.54, 1.807) is 19.1 Å². The van der Waals surface area contributed by atoms with Crippen LogP contribution in [0.1, 0.15) is 50.0 Å². The largest absolute Gasteiger partial charge is 0.480 e. The molecule has 0 bridgehead atoms. The molecule has 2 N–H and O–H groups in total. The fourth-order valence-electron chi connectivity index (χ4n) is 3.28. The summed E-state index contributed by atoms with van der Waals surface area (Å²) in [5, 5.41) is 21.8. The van der Waals surface area contributed by atoms with Gasteiger partial charge in [-0.3, -0.25) is 9.59 Å². The molecule has 1 heterocycles. The van der Waals surface area contributed by atoms with Gasteiger partial charge in [0.25, 0.3) is 0 Å². The summed E-state index contributed by atoms with van der Waals surface area (Å²) >= 11 is 6.36. The van der Waals surface area contributed by atoms with E-state index in [0.29, 0.717) is 34.7 Å². The monoisotopic (exact) mass is 436 g/mol. The normalized spacial score (nSPS) is 20.9. The van der Waals surface area contributed by atoms with Crippen molar-refractivity contribution in [1.82, 2.24) is 5.32 Å². The van der Waals surface area contributed by atoms with Gasteiger partial charge < -0.3 is 14.8 Å². The smallest absolute Gasteiger partial charge is 0.321 e. The molecular formula is C21H29ClN2O4Si. The van der Waals surface area contributed by atoms with Gasteiger partial charge in [0, 0.05) is 5.92 Å². The van der Waals surface area contributed by atoms with Gasteiger partial charge in [0.05, 0.1) is 10.6 Å². The van der Waals surface area contributed by atoms with Gasteiger partial charge in [0.1, 0.15) is 18.2 Å². The molecule has 1 fully saturated rings. The van der Waals surface area contributed by atoms with Crippen LogP contribution in [0.25, 0.3) is 0 Å². The van der Waals surface area contributed by atoms with E-state index in [1.807, 2.05) is 6.07 Å². The van der Waals surface area contributed by atoms with Gasteiger partial charge in [0.2, 0.25) is 0 Å². The zero-order valence-electron chi connectivity index (χ0n) is 17.8. The summed E-state index contributed by atoms with van der Waals surface area (Å²) in [6, 6.07) is 4.40. The van der Waals surface area contributed by atoms with Crippen molar-refractivity contribution in [3.05, 3.63) is 33.8 Å². The van der Waals surface area contributed by atoms with E-state index >= 15 is 0 Å². The minimum absolute atomic E-state index is 0.143. The van der Waals surface area contributed by atoms with Crippen molar-refractivity contribution in [2.24, 2.45) is 5.92 Å². The molecular weight excluding hydrogens is 408 g/mol. The molecule has 1 saturated heterocycles. The van der Waals surface area contributed by atoms with Crippen LogP contribution < -0.4 is 5.32 Å². The second-order valence-electron chi connectivity index (χ2n) is 9.08. The number of carbonyl (C=O) groups excluding carboxylic acids is 1. The molecule has 0 radical (unpaired) electrons. The second kappa shape index (κ2) is 8.56. The molecule has 0 aliphatic carbocycles. The Kier molecular flexibility index (Phi) is 6.96. The van der Waals surface area contributed by atoms with Crippen molar-refractivity contribution in [3.8, 4) is 6.07 Å². The summed E-state index contributed by atoms with van der Waals surface area (Å²) in [5.41, 5.74) is 1.54. The van der Waals surface area contributed by atoms with E-state index < -0.39 is 32.4 Å². The van der Waals surface area contributed by atoms with E-state index in [9.17, 15) is 20.0 Å². The predicted molar refractivity (Wildman–Crippen MR) is 114 cm³/mol. The van der Waals surface area contributed by atoms with Crippen LogP contribution in [-0.4, -0.2) is 37.8 Å². The number of hydrogen-bond donors (Lipinski definition) is 2. The number of carboxylic acids is 1. The van der Waals surface area contributed by atoms with Crippen molar-refractivity contribution in [2.75, 3.05) is 6.54 Å². The Balaban J connectivity index is 2.56. The number of nitriles is 1. The number of ketones is 1. The molecule has 158 valence electrons. The number of rotatable bonds is 6. The third-order valence-corrected chi connectivity index (χ3v) is 11.1. The first kappa shape index (κ1) is 23.6. The predicted octanol–water partition coefficient (Wildman–Crippen LogP) is 4.21. The number of carbonyl (C=O) groups is 2. The topological polar surface area (TPSA) is 99.4 Å². The van der Waals surface area contributed by atoms with E-state index in [4.69, 9.17) is 16.0 Å². The van der Waals surface area contributed by atoms with Gasteiger partial charge in [-0.2, -0.15) is 5.26 Å². The van der Waals surface area contributed by atoms with E-state index in [0.717, 1.165) is 0 Å². The summed E-state index contributed by atoms with van der Waals surface area (Å²) in [5.74, 6) is -1.98. The molecule has 1 aromatic rings. The zero-order valence-corrected chi connectivity index (χ0v) is 19.6. The summed E-state index contributed by atoms with van der Waals surface area (Å²) in [6.07, 6.45) is -0.483. The lowest BCUT2D eigenvalue weighted by molar-refractivity contribution is -0.144. The number of aliphatic carboxylic acids is 1. The Bertz CT molecular complexity index is 857. The van der Waals surface area contributed by atoms with Crippen LogP contribution >= 0.6 is 11.6 Å². The average Bonchev–Trinajstić information content (AvgIpc) is 3.11. The maximum absolute atomic E-state index is 13.6. The standard InChI is InChI=1S/C21H29ClN2O4Si/c1-12-14(8-7-13(11-23)16(12)22)19(28-29(5,6)21(2,3)4)18(25)15-9-10-24-17(15)20(26)27/h7-8,15,17,19,24H,9-10H2,1-6H3,(H,26,27). The minimum Gasteiger partial charge on any atom is -0.480 e. The fraction of sp³-hybridized carbons (Fsp3) is 0.571. The van der Waals surface area contributed by atoms with Crippen molar-refractivity contribution in [2.45, 2.75) is 64.4 Å². The molecule has 2 rings (SSSR count). The van der Waals surface area contributed by atoms with Crippen LogP contribution in [0.15, 0.2) is 12.1 Å². The maximum Gasteiger partial charge on any atom is 0.321 e. The molecule has 0 spiro atoms. The summed E-state index contributed by atoms with van der Waals surface area (Å²) in [4.78, 5) is 25.2. The minimum atomic E-state index is -2.37. The van der Waals surface area contributed by atoms with Gasteiger partial charge in [0.15, 0.2) is 14.1 Å². The van der Waals surface area contributed by atoms with Crippen LogP contribution in [0.4, 0.5) is 0 Å². The zero-order chi connectivity index (χ0) is 22.1. The van der Waals surface area contributed by atoms with Crippen LogP contribution in [0.5, 0.6) is 0 Å². The molecule has 3 unspecified atom stereocenters. The fourth-order valence-corrected chi connectivity index (χ4v) is 4.68. The molecule has 0 amide bonds. The Morgan fingerprint density at radius 3 is 2.52 bits per heavy atom. The molecule has 1 aliphatic heterocycles. The highest BCUT2D eigenvalue weighted by Crippen LogP contribution is 2.42. The first-order valence-corrected chi connectivity index (χ1v) is 13.0. The Morgan fingerprint density at radius 2 is 2.00 bits per heavy atom. The highest BCUT2D eigenvalue weighted by Gasteiger charge is 2.46. The van der Waals surface area contributed by atoms with Gasteiger partial charge in [-0.15, -0.1) is 0 Å². The Morgan fingerprint density at radius 1 is 1.38 bits per heavy atom. The number of nitrogens with one attached hydrogen (secondary N) is 1. The van der Waals surface area contributed by atoms with Crippen LogP contribution in [0.2, 0.25) is 23.2 Å². The highest BCUT2D eigenvalue weighted by atomic mass is 35.5. The highest BCUT2D eigenvalue weighted by molar-refractivity contribution is 6.74. The Labute approximate surface area is 178 Å². The summed E-state index contributed by atoms with van der Waals surface area (Å²) < 4.78 is 6.53. The van der Waals surface area contributed by atoms with E-state index in [-0.39, 0.29) is 10.8 Å². The molecule has 1 aromatic carbocycles. The maximum atomic E-state index is 13.6. The van der Waals surface area contributed by atoms with Gasteiger partial charge in [-0.05, 0) is 55.2 Å². The summed E-state index contributed by atoms with van der Waals surface area (Å²) in [6.45, 7) is 12.6. The lowest BCUT2D eigenvalue weighted by atomic mass is 9.88. The molecule has 0 saturated carbocycles. The van der Waals surface area contributed by atoms with E-state index in [2.05, 4.69) is 39.2 Å². The molecule has 6 nitrogen and oxygen atoms in total. The lowest BCUT2D eigenvalue weighted by Gasteiger charge is -2.40. The van der Waals surface area contributed by atoms with E-state index in [1.165, 1.54) is 0 Å². The van der Waals surface area contributed by atoms with Crippen LogP contribution in [0.3, 0.4) is 0 Å². The van der Waals surface area contributed by atoms with Crippen molar-refractivity contribution in [3.63, 3.8) is 0 Å². The number of nitrogens with zero attached hydrogens (tertiary/aromatic N) is 1. The van der Waals surface area contributed by atoms with Crippen LogP contribution in [0, 0.1) is 24.2 Å². The van der Waals surface area contributed by atoms with Gasteiger partial charge in [-0.1, -0.05) is 38.4 Å². The number of Topliss-reactive ketones (excluding diaryl/α,β-unsaturated/α-hetero) is 1. The third-order valence-electron chi connectivity index (χ3n) is 6.16. The molecule has 1 aliphatic rings. The first-order chi connectivity index (χ1) is 13.3. The lowest BCUT2D eigenvalue weighted by Crippen LogP contribution is -2.46. The number of hydrogen-bond acceptors (Lipinski definition) is 5. The van der Waals surface area contributed by atoms with Crippen LogP contribution in [-0.2, 0) is 14.0 Å². The Hall–Kier alpha value is -1.72. The summed E-state index contributed by atoms with van der Waals surface area (Å²) in [7, 11) is -2.37. The average molecular weight is 437 g/mol. The molecule has 8 heteroatoms. The molecule has 0 aromatic heterocycles. The third kappa shape index (κ3) is 4.72. The first-order valence-electron chi connectivity index (χ1n) is 9.68. The SMILES string of the molecule is Cc1c(C(O[Si](C)(C)C(C)(C)C)C(=O)C2CCNC2C(=O)O)ccc(C#N)c1Cl. The van der Waals surface area contributed by atoms with Crippen molar-refractivity contribution >= 4 is 31.7 Å². The number of halogens is 1. The second-order valence-corrected chi connectivity index (χ2v) is 14.2. The van der Waals surface area contributed by atoms with Gasteiger partial charge >= 0.3 is 5.97 Å². The molecule has 29 heavy (non-hydrogen) atoms. The molecule has 3 atom stereocenters. The number of carboxylic acid groups (broad SMARTS) is 1. The van der Waals surface area contributed by atoms with Gasteiger partial charge in [-0.25, -0.2) is 0 Å². The number of benzene rings is 1. The van der Waals surface area contributed by atoms with Crippen molar-refractivity contribution in [1.29, 1.82) is 5.26 Å². The quantitative estimate of drug-likeness (QED) is 0.648. The van der Waals surface area contributed by atoms with Crippen molar-refractivity contribution < 1.29 is 19.1 Å².